The smallest absolute Gasteiger partial charge is 0.103 e. The van der Waals surface area contributed by atoms with Gasteiger partial charge in [-0.15, -0.1) is 0 Å². The quantitative estimate of drug-likeness (QED) is 0.919. The molecular formula is C14H17N3S. The Balaban J connectivity index is 2.18. The molecule has 0 fully saturated rings. The highest BCUT2D eigenvalue weighted by molar-refractivity contribution is 7.99. The zero-order valence-corrected chi connectivity index (χ0v) is 11.7. The van der Waals surface area contributed by atoms with Gasteiger partial charge in [0.05, 0.1) is 0 Å². The van der Waals surface area contributed by atoms with Crippen LogP contribution in [0.1, 0.15) is 29.8 Å². The summed E-state index contributed by atoms with van der Waals surface area (Å²) < 4.78 is 0. The minimum atomic E-state index is 0.0240. The van der Waals surface area contributed by atoms with E-state index >= 15 is 0 Å². The number of pyridine rings is 2. The van der Waals surface area contributed by atoms with Crippen LogP contribution in [0.25, 0.3) is 0 Å². The van der Waals surface area contributed by atoms with Crippen LogP contribution >= 0.6 is 11.8 Å². The first-order valence-corrected chi connectivity index (χ1v) is 6.71. The first kappa shape index (κ1) is 13.1. The Morgan fingerprint density at radius 2 is 1.94 bits per heavy atom. The normalized spacial score (nSPS) is 12.4. The van der Waals surface area contributed by atoms with Crippen molar-refractivity contribution >= 4 is 11.8 Å². The first-order chi connectivity index (χ1) is 8.54. The Kier molecular flexibility index (Phi) is 3.99. The Morgan fingerprint density at radius 3 is 2.50 bits per heavy atom. The molecule has 1 unspecified atom stereocenters. The lowest BCUT2D eigenvalue weighted by molar-refractivity contribution is 0.806. The maximum absolute atomic E-state index is 5.80. The SMILES string of the molecule is Cc1cc(C)nc(Sc2ccc(C(C)N)cn2)c1. The minimum Gasteiger partial charge on any atom is -0.324 e. The van der Waals surface area contributed by atoms with E-state index in [-0.39, 0.29) is 6.04 Å². The number of hydrogen-bond acceptors (Lipinski definition) is 4. The van der Waals surface area contributed by atoms with Gasteiger partial charge >= 0.3 is 0 Å². The summed E-state index contributed by atoms with van der Waals surface area (Å²) in [4.78, 5) is 8.88. The molecule has 0 aliphatic rings. The van der Waals surface area contributed by atoms with Gasteiger partial charge in [0.2, 0.25) is 0 Å². The van der Waals surface area contributed by atoms with E-state index in [0.717, 1.165) is 21.3 Å². The third kappa shape index (κ3) is 3.31. The molecule has 1 atom stereocenters. The average molecular weight is 259 g/mol. The van der Waals surface area contributed by atoms with Gasteiger partial charge in [0.1, 0.15) is 10.1 Å². The van der Waals surface area contributed by atoms with Crippen molar-refractivity contribution in [3.63, 3.8) is 0 Å². The standard InChI is InChI=1S/C14H17N3S/c1-9-6-10(2)17-14(7-9)18-13-5-4-12(8-16-13)11(3)15/h4-8,11H,15H2,1-3H3. The van der Waals surface area contributed by atoms with Gasteiger partial charge in [-0.25, -0.2) is 9.97 Å². The van der Waals surface area contributed by atoms with E-state index in [1.165, 1.54) is 5.56 Å². The van der Waals surface area contributed by atoms with Gasteiger partial charge in [0.15, 0.2) is 0 Å². The number of nitrogens with zero attached hydrogens (tertiary/aromatic N) is 2. The van der Waals surface area contributed by atoms with Gasteiger partial charge < -0.3 is 5.73 Å². The molecule has 0 saturated carbocycles. The topological polar surface area (TPSA) is 51.8 Å². The Labute approximate surface area is 112 Å². The van der Waals surface area contributed by atoms with Gasteiger partial charge in [-0.1, -0.05) is 17.8 Å². The molecule has 94 valence electrons. The van der Waals surface area contributed by atoms with Crippen molar-refractivity contribution in [3.8, 4) is 0 Å². The van der Waals surface area contributed by atoms with Crippen LogP contribution in [-0.2, 0) is 0 Å². The van der Waals surface area contributed by atoms with Crippen molar-refractivity contribution in [3.05, 3.63) is 47.3 Å². The van der Waals surface area contributed by atoms with Crippen LogP contribution in [0.5, 0.6) is 0 Å². The fraction of sp³-hybridized carbons (Fsp3) is 0.286. The summed E-state index contributed by atoms with van der Waals surface area (Å²) in [7, 11) is 0. The van der Waals surface area contributed by atoms with Crippen LogP contribution in [0.3, 0.4) is 0 Å². The molecule has 3 nitrogen and oxygen atoms in total. The van der Waals surface area contributed by atoms with Crippen molar-refractivity contribution in [2.45, 2.75) is 36.9 Å². The van der Waals surface area contributed by atoms with Gasteiger partial charge in [-0.05, 0) is 50.1 Å². The van der Waals surface area contributed by atoms with Crippen LogP contribution in [-0.4, -0.2) is 9.97 Å². The van der Waals surface area contributed by atoms with Gasteiger partial charge in [0.25, 0.3) is 0 Å². The third-order valence-corrected chi connectivity index (χ3v) is 3.44. The molecule has 0 aliphatic carbocycles. The summed E-state index contributed by atoms with van der Waals surface area (Å²) in [5.41, 5.74) is 9.10. The molecule has 2 heterocycles. The number of rotatable bonds is 3. The fourth-order valence-corrected chi connectivity index (χ4v) is 2.58. The fourth-order valence-electron chi connectivity index (χ4n) is 1.69. The van der Waals surface area contributed by atoms with E-state index in [9.17, 15) is 0 Å². The third-order valence-electron chi connectivity index (χ3n) is 2.57. The summed E-state index contributed by atoms with van der Waals surface area (Å²) in [6.07, 6.45) is 1.83. The molecule has 2 N–H and O–H groups in total. The Hall–Kier alpha value is -1.39. The second-order valence-corrected chi connectivity index (χ2v) is 5.49. The average Bonchev–Trinajstić information content (AvgIpc) is 2.28. The van der Waals surface area contributed by atoms with Crippen LogP contribution in [0.4, 0.5) is 0 Å². The molecule has 0 saturated heterocycles. The van der Waals surface area contributed by atoms with E-state index in [1.807, 2.05) is 32.2 Å². The van der Waals surface area contributed by atoms with Crippen molar-refractivity contribution in [1.82, 2.24) is 9.97 Å². The monoisotopic (exact) mass is 259 g/mol. The number of hydrogen-bond donors (Lipinski definition) is 1. The molecule has 0 spiro atoms. The molecule has 2 aromatic heterocycles. The Bertz CT molecular complexity index is 515. The number of nitrogens with two attached hydrogens (primary N) is 1. The molecule has 2 rings (SSSR count). The van der Waals surface area contributed by atoms with Crippen LogP contribution in [0, 0.1) is 13.8 Å². The summed E-state index contributed by atoms with van der Waals surface area (Å²) in [5, 5.41) is 1.92. The molecule has 18 heavy (non-hydrogen) atoms. The van der Waals surface area contributed by atoms with E-state index in [2.05, 4.69) is 29.0 Å². The van der Waals surface area contributed by atoms with E-state index in [4.69, 9.17) is 5.73 Å². The predicted octanol–water partition coefficient (Wildman–Crippen LogP) is 3.26. The Morgan fingerprint density at radius 1 is 1.17 bits per heavy atom. The summed E-state index contributed by atoms with van der Waals surface area (Å²) >= 11 is 1.57. The van der Waals surface area contributed by atoms with Crippen molar-refractivity contribution < 1.29 is 0 Å². The minimum absolute atomic E-state index is 0.0240. The first-order valence-electron chi connectivity index (χ1n) is 5.89. The molecular weight excluding hydrogens is 242 g/mol. The molecule has 0 aromatic carbocycles. The van der Waals surface area contributed by atoms with Crippen molar-refractivity contribution in [2.75, 3.05) is 0 Å². The highest BCUT2D eigenvalue weighted by Crippen LogP contribution is 2.25. The maximum Gasteiger partial charge on any atom is 0.103 e. The lowest BCUT2D eigenvalue weighted by Crippen LogP contribution is -2.04. The summed E-state index contributed by atoms with van der Waals surface area (Å²) in [6.45, 7) is 6.03. The van der Waals surface area contributed by atoms with E-state index in [0.29, 0.717) is 0 Å². The zero-order valence-electron chi connectivity index (χ0n) is 10.8. The van der Waals surface area contributed by atoms with Crippen LogP contribution in [0.2, 0.25) is 0 Å². The van der Waals surface area contributed by atoms with Gasteiger partial charge in [0, 0.05) is 17.9 Å². The van der Waals surface area contributed by atoms with Crippen molar-refractivity contribution in [2.24, 2.45) is 5.73 Å². The molecule has 2 aromatic rings. The predicted molar refractivity (Wildman–Crippen MR) is 74.7 cm³/mol. The highest BCUT2D eigenvalue weighted by atomic mass is 32.2. The molecule has 0 bridgehead atoms. The second-order valence-electron chi connectivity index (χ2n) is 4.44. The van der Waals surface area contributed by atoms with Gasteiger partial charge in [-0.3, -0.25) is 0 Å². The van der Waals surface area contributed by atoms with E-state index in [1.54, 1.807) is 11.8 Å². The largest absolute Gasteiger partial charge is 0.324 e. The number of aromatic nitrogens is 2. The molecule has 0 aliphatic heterocycles. The lowest BCUT2D eigenvalue weighted by atomic mass is 10.2. The second kappa shape index (κ2) is 5.50. The van der Waals surface area contributed by atoms with Crippen LogP contribution < -0.4 is 5.73 Å². The molecule has 0 amide bonds. The molecule has 4 heteroatoms. The zero-order chi connectivity index (χ0) is 13.1. The molecule has 0 radical (unpaired) electrons. The summed E-state index contributed by atoms with van der Waals surface area (Å²) in [5.74, 6) is 0. The van der Waals surface area contributed by atoms with Crippen molar-refractivity contribution in [1.29, 1.82) is 0 Å². The van der Waals surface area contributed by atoms with E-state index < -0.39 is 0 Å². The maximum atomic E-state index is 5.80. The highest BCUT2D eigenvalue weighted by Gasteiger charge is 2.04. The van der Waals surface area contributed by atoms with Gasteiger partial charge in [-0.2, -0.15) is 0 Å². The number of aryl methyl sites for hydroxylation is 2. The summed E-state index contributed by atoms with van der Waals surface area (Å²) in [6, 6.07) is 8.16. The van der Waals surface area contributed by atoms with Crippen LogP contribution in [0.15, 0.2) is 40.5 Å². The lowest BCUT2D eigenvalue weighted by Gasteiger charge is -2.06.